The molecule has 0 radical (unpaired) electrons. The van der Waals surface area contributed by atoms with Gasteiger partial charge in [-0.1, -0.05) is 0 Å². The number of ether oxygens (including phenoxy) is 1. The molecule has 2 aromatic heterocycles. The summed E-state index contributed by atoms with van der Waals surface area (Å²) in [6, 6.07) is 10.4. The normalized spacial score (nSPS) is 10.9. The molecule has 3 rings (SSSR count). The van der Waals surface area contributed by atoms with Gasteiger partial charge in [0.2, 0.25) is 0 Å². The molecular weight excluding hydrogens is 250 g/mol. The van der Waals surface area contributed by atoms with Gasteiger partial charge in [-0.3, -0.25) is 0 Å². The lowest BCUT2D eigenvalue weighted by molar-refractivity contribution is 0.415. The highest BCUT2D eigenvalue weighted by Gasteiger charge is 2.08. The second-order valence-corrected chi connectivity index (χ2v) is 6.01. The number of aromatic nitrogens is 1. The first kappa shape index (κ1) is 10.7. The summed E-state index contributed by atoms with van der Waals surface area (Å²) in [5.74, 6) is 0.890. The van der Waals surface area contributed by atoms with Crippen molar-refractivity contribution >= 4 is 32.2 Å². The Labute approximate surface area is 108 Å². The van der Waals surface area contributed by atoms with E-state index < -0.39 is 0 Å². The van der Waals surface area contributed by atoms with E-state index in [1.807, 2.05) is 19.1 Å². The summed E-state index contributed by atoms with van der Waals surface area (Å²) in [5, 5.41) is 1.13. The minimum Gasteiger partial charge on any atom is -0.497 e. The van der Waals surface area contributed by atoms with Gasteiger partial charge in [0.05, 0.1) is 16.8 Å². The summed E-state index contributed by atoms with van der Waals surface area (Å²) in [5.41, 5.74) is 1.22. The second-order valence-electron chi connectivity index (χ2n) is 3.74. The van der Waals surface area contributed by atoms with Crippen LogP contribution in [0.15, 0.2) is 30.3 Å². The molecule has 0 atom stereocenters. The van der Waals surface area contributed by atoms with Crippen LogP contribution in [-0.2, 0) is 0 Å². The molecule has 0 saturated carbocycles. The lowest BCUT2D eigenvalue weighted by Crippen LogP contribution is -1.81. The van der Waals surface area contributed by atoms with E-state index >= 15 is 0 Å². The fourth-order valence-corrected chi connectivity index (χ4v) is 3.87. The molecule has 86 valence electrons. The highest BCUT2D eigenvalue weighted by molar-refractivity contribution is 7.28. The molecule has 0 aliphatic rings. The van der Waals surface area contributed by atoms with Crippen molar-refractivity contribution in [2.24, 2.45) is 0 Å². The van der Waals surface area contributed by atoms with Crippen LogP contribution in [0.5, 0.6) is 5.75 Å². The third kappa shape index (κ3) is 1.94. The SMILES string of the molecule is COc1ccc(-c2cc3sc(C)nc3s2)cc1. The maximum absolute atomic E-state index is 5.16. The number of nitrogens with zero attached hydrogens (tertiary/aromatic N) is 1. The zero-order valence-corrected chi connectivity index (χ0v) is 11.2. The van der Waals surface area contributed by atoms with Crippen LogP contribution in [0.3, 0.4) is 0 Å². The Kier molecular flexibility index (Phi) is 2.61. The molecule has 0 bridgehead atoms. The maximum atomic E-state index is 5.16. The molecule has 0 saturated heterocycles. The van der Waals surface area contributed by atoms with E-state index in [-0.39, 0.29) is 0 Å². The molecule has 0 aliphatic heterocycles. The number of rotatable bonds is 2. The number of hydrogen-bond acceptors (Lipinski definition) is 4. The van der Waals surface area contributed by atoms with Crippen molar-refractivity contribution in [3.63, 3.8) is 0 Å². The van der Waals surface area contributed by atoms with Gasteiger partial charge in [0.15, 0.2) is 0 Å². The average Bonchev–Trinajstić information content (AvgIpc) is 2.86. The third-order valence-corrected chi connectivity index (χ3v) is 4.70. The van der Waals surface area contributed by atoms with Crippen molar-refractivity contribution in [1.82, 2.24) is 4.98 Å². The molecule has 0 N–H and O–H groups in total. The Morgan fingerprint density at radius 3 is 2.53 bits per heavy atom. The van der Waals surface area contributed by atoms with Crippen molar-refractivity contribution in [1.29, 1.82) is 0 Å². The molecule has 1 aromatic carbocycles. The lowest BCUT2D eigenvalue weighted by Gasteiger charge is -2.00. The van der Waals surface area contributed by atoms with E-state index in [9.17, 15) is 0 Å². The average molecular weight is 261 g/mol. The van der Waals surface area contributed by atoms with Crippen LogP contribution in [0.25, 0.3) is 20.0 Å². The Balaban J connectivity index is 2.04. The van der Waals surface area contributed by atoms with Gasteiger partial charge in [-0.25, -0.2) is 4.98 Å². The van der Waals surface area contributed by atoms with Crippen molar-refractivity contribution in [2.75, 3.05) is 7.11 Å². The Morgan fingerprint density at radius 2 is 1.88 bits per heavy atom. The molecule has 0 amide bonds. The van der Waals surface area contributed by atoms with E-state index in [1.165, 1.54) is 15.1 Å². The van der Waals surface area contributed by atoms with Crippen LogP contribution >= 0.6 is 22.7 Å². The van der Waals surface area contributed by atoms with Crippen LogP contribution in [0, 0.1) is 6.92 Å². The summed E-state index contributed by atoms with van der Waals surface area (Å²) < 4.78 is 6.43. The van der Waals surface area contributed by atoms with Crippen molar-refractivity contribution in [3.8, 4) is 16.2 Å². The van der Waals surface area contributed by atoms with Gasteiger partial charge in [-0.05, 0) is 42.8 Å². The molecule has 2 heterocycles. The fraction of sp³-hybridized carbons (Fsp3) is 0.154. The summed E-state index contributed by atoms with van der Waals surface area (Å²) in [7, 11) is 1.68. The van der Waals surface area contributed by atoms with E-state index in [0.717, 1.165) is 15.6 Å². The Bertz CT molecular complexity index is 620. The molecule has 4 heteroatoms. The predicted molar refractivity (Wildman–Crippen MR) is 74.2 cm³/mol. The Hall–Kier alpha value is -1.39. The monoisotopic (exact) mass is 261 g/mol. The van der Waals surface area contributed by atoms with Crippen LogP contribution in [-0.4, -0.2) is 12.1 Å². The number of thiophene rings is 1. The lowest BCUT2D eigenvalue weighted by atomic mass is 10.2. The number of fused-ring (bicyclic) bond motifs is 1. The van der Waals surface area contributed by atoms with Gasteiger partial charge in [-0.15, -0.1) is 22.7 Å². The number of benzene rings is 1. The first-order valence-corrected chi connectivity index (χ1v) is 6.91. The van der Waals surface area contributed by atoms with Gasteiger partial charge in [0, 0.05) is 4.88 Å². The fourth-order valence-electron chi connectivity index (χ4n) is 1.74. The molecule has 3 aromatic rings. The van der Waals surface area contributed by atoms with Gasteiger partial charge in [-0.2, -0.15) is 0 Å². The molecule has 17 heavy (non-hydrogen) atoms. The minimum absolute atomic E-state index is 0.890. The van der Waals surface area contributed by atoms with E-state index in [4.69, 9.17) is 4.74 Å². The number of aryl methyl sites for hydroxylation is 1. The topological polar surface area (TPSA) is 22.1 Å². The van der Waals surface area contributed by atoms with Crippen LogP contribution in [0.4, 0.5) is 0 Å². The molecule has 0 spiro atoms. The molecule has 0 unspecified atom stereocenters. The predicted octanol–water partition coefficient (Wildman–Crippen LogP) is 4.34. The third-order valence-electron chi connectivity index (χ3n) is 2.57. The largest absolute Gasteiger partial charge is 0.497 e. The summed E-state index contributed by atoms with van der Waals surface area (Å²) in [6.07, 6.45) is 0. The van der Waals surface area contributed by atoms with Gasteiger partial charge >= 0.3 is 0 Å². The van der Waals surface area contributed by atoms with Crippen molar-refractivity contribution in [3.05, 3.63) is 35.3 Å². The summed E-state index contributed by atoms with van der Waals surface area (Å²) in [4.78, 5) is 6.91. The van der Waals surface area contributed by atoms with E-state index in [1.54, 1.807) is 29.8 Å². The maximum Gasteiger partial charge on any atom is 0.135 e. The zero-order chi connectivity index (χ0) is 11.8. The Morgan fingerprint density at radius 1 is 1.12 bits per heavy atom. The first-order chi connectivity index (χ1) is 8.26. The van der Waals surface area contributed by atoms with Crippen molar-refractivity contribution < 1.29 is 4.74 Å². The molecule has 0 fully saturated rings. The van der Waals surface area contributed by atoms with E-state index in [0.29, 0.717) is 0 Å². The zero-order valence-electron chi connectivity index (χ0n) is 9.56. The number of methoxy groups -OCH3 is 1. The molecule has 2 nitrogen and oxygen atoms in total. The molecular formula is C13H11NOS2. The van der Waals surface area contributed by atoms with Crippen LogP contribution in [0.2, 0.25) is 0 Å². The van der Waals surface area contributed by atoms with Gasteiger partial charge in [0.1, 0.15) is 10.6 Å². The number of thiazole rings is 1. The standard InChI is InChI=1S/C13H11NOS2/c1-8-14-13-12(16-8)7-11(17-13)9-3-5-10(15-2)6-4-9/h3-7H,1-2H3. The van der Waals surface area contributed by atoms with Crippen molar-refractivity contribution in [2.45, 2.75) is 6.92 Å². The minimum atomic E-state index is 0.890. The summed E-state index contributed by atoms with van der Waals surface area (Å²) >= 11 is 3.49. The summed E-state index contributed by atoms with van der Waals surface area (Å²) in [6.45, 7) is 2.05. The quantitative estimate of drug-likeness (QED) is 0.684. The first-order valence-electron chi connectivity index (χ1n) is 5.27. The molecule has 0 aliphatic carbocycles. The second kappa shape index (κ2) is 4.13. The highest BCUT2D eigenvalue weighted by atomic mass is 32.1. The smallest absolute Gasteiger partial charge is 0.135 e. The van der Waals surface area contributed by atoms with Gasteiger partial charge in [0.25, 0.3) is 0 Å². The number of hydrogen-bond donors (Lipinski definition) is 0. The van der Waals surface area contributed by atoms with Crippen LogP contribution < -0.4 is 4.74 Å². The van der Waals surface area contributed by atoms with E-state index in [2.05, 4.69) is 23.2 Å². The van der Waals surface area contributed by atoms with Gasteiger partial charge < -0.3 is 4.74 Å². The van der Waals surface area contributed by atoms with Crippen LogP contribution in [0.1, 0.15) is 5.01 Å². The highest BCUT2D eigenvalue weighted by Crippen LogP contribution is 2.36.